The molecule has 1 aromatic heterocycles. The molecule has 0 spiro atoms. The zero-order valence-corrected chi connectivity index (χ0v) is 16.4. The van der Waals surface area contributed by atoms with Crippen molar-refractivity contribution in [1.29, 1.82) is 0 Å². The Morgan fingerprint density at radius 3 is 1.95 bits per heavy atom. The van der Waals surface area contributed by atoms with Gasteiger partial charge in [0.25, 0.3) is 0 Å². The van der Waals surface area contributed by atoms with Gasteiger partial charge < -0.3 is 9.47 Å². The van der Waals surface area contributed by atoms with Gasteiger partial charge in [0.2, 0.25) is 0 Å². The average Bonchev–Trinajstić information content (AvgIpc) is 2.69. The number of hydrogen-bond donors (Lipinski definition) is 0. The summed E-state index contributed by atoms with van der Waals surface area (Å²) in [5.41, 5.74) is 0.223. The molecule has 0 fully saturated rings. The van der Waals surface area contributed by atoms with Crippen LogP contribution in [0.15, 0.2) is 8.26 Å². The molecule has 0 saturated carbocycles. The van der Waals surface area contributed by atoms with Gasteiger partial charge in [0.15, 0.2) is 0 Å². The Morgan fingerprint density at radius 2 is 1.48 bits per heavy atom. The van der Waals surface area contributed by atoms with E-state index in [0.29, 0.717) is 21.5 Å². The van der Waals surface area contributed by atoms with Crippen molar-refractivity contribution in [2.45, 2.75) is 27.7 Å². The highest BCUT2D eigenvalue weighted by Gasteiger charge is 2.28. The minimum Gasteiger partial charge on any atom is -0.462 e. The van der Waals surface area contributed by atoms with Crippen molar-refractivity contribution in [1.82, 2.24) is 0 Å². The largest absolute Gasteiger partial charge is 0.462 e. The van der Waals surface area contributed by atoms with Crippen LogP contribution in [0.2, 0.25) is 0 Å². The van der Waals surface area contributed by atoms with Gasteiger partial charge in [-0.2, -0.15) is 0 Å². The molecule has 0 aliphatic carbocycles. The molecule has 0 saturated heterocycles. The Bertz CT molecular complexity index is 523. The highest BCUT2D eigenvalue weighted by molar-refractivity contribution is 9.13. The van der Waals surface area contributed by atoms with Gasteiger partial charge in [-0.25, -0.2) is 9.59 Å². The Labute approximate surface area is 145 Å². The summed E-state index contributed by atoms with van der Waals surface area (Å²) in [4.78, 5) is 24.5. The molecule has 0 radical (unpaired) electrons. The van der Waals surface area contributed by atoms with E-state index in [1.165, 1.54) is 0 Å². The molecule has 118 valence electrons. The summed E-state index contributed by atoms with van der Waals surface area (Å²) in [5.74, 6) is -0.561. The molecule has 0 bridgehead atoms. The first-order valence-electron chi connectivity index (χ1n) is 6.56. The van der Waals surface area contributed by atoms with Gasteiger partial charge in [0, 0.05) is 0 Å². The normalized spacial score (nSPS) is 11.0. The van der Waals surface area contributed by atoms with E-state index in [1.54, 1.807) is 0 Å². The van der Waals surface area contributed by atoms with E-state index in [1.807, 2.05) is 27.7 Å². The van der Waals surface area contributed by atoms with E-state index < -0.39 is 11.9 Å². The molecule has 0 aromatic carbocycles. The van der Waals surface area contributed by atoms with E-state index in [9.17, 15) is 9.59 Å². The Morgan fingerprint density at radius 1 is 1.00 bits per heavy atom. The monoisotopic (exact) mass is 440 g/mol. The maximum absolute atomic E-state index is 12.2. The summed E-state index contributed by atoms with van der Waals surface area (Å²) >= 11 is 7.79. The molecule has 0 aliphatic heterocycles. The molecule has 1 heterocycles. The molecule has 0 aliphatic rings. The van der Waals surface area contributed by atoms with Crippen molar-refractivity contribution in [2.24, 2.45) is 11.8 Å². The smallest absolute Gasteiger partial charge is 0.349 e. The van der Waals surface area contributed by atoms with Gasteiger partial charge in [-0.1, -0.05) is 27.7 Å². The molecular weight excluding hydrogens is 424 g/mol. The molecule has 21 heavy (non-hydrogen) atoms. The van der Waals surface area contributed by atoms with Crippen LogP contribution in [0.4, 0.5) is 0 Å². The fourth-order valence-electron chi connectivity index (χ4n) is 1.33. The lowest BCUT2D eigenvalue weighted by molar-refractivity contribution is 0.0416. The molecule has 0 atom stereocenters. The van der Waals surface area contributed by atoms with Crippen molar-refractivity contribution in [3.05, 3.63) is 18.7 Å². The van der Waals surface area contributed by atoms with E-state index >= 15 is 0 Å². The van der Waals surface area contributed by atoms with Crippen LogP contribution in [0.5, 0.6) is 0 Å². The third-order valence-corrected chi connectivity index (χ3v) is 5.72. The lowest BCUT2D eigenvalue weighted by atomic mass is 10.2. The van der Waals surface area contributed by atoms with Gasteiger partial charge in [-0.3, -0.25) is 0 Å². The number of carbonyl (C=O) groups excluding carboxylic acids is 2. The average molecular weight is 442 g/mol. The van der Waals surface area contributed by atoms with E-state index in [4.69, 9.17) is 9.47 Å². The Hall–Kier alpha value is -0.400. The Kier molecular flexibility index (Phi) is 7.36. The first kappa shape index (κ1) is 18.6. The lowest BCUT2D eigenvalue weighted by Crippen LogP contribution is -2.15. The summed E-state index contributed by atoms with van der Waals surface area (Å²) in [7, 11) is 0. The second-order valence-corrected chi connectivity index (χ2v) is 8.51. The van der Waals surface area contributed by atoms with Crippen LogP contribution in [0, 0.1) is 11.8 Å². The quantitative estimate of drug-likeness (QED) is 0.589. The van der Waals surface area contributed by atoms with Crippen LogP contribution < -0.4 is 0 Å². The molecule has 0 amide bonds. The Balaban J connectivity index is 2.97. The predicted octanol–water partition coefficient (Wildman–Crippen LogP) is 4.90. The van der Waals surface area contributed by atoms with Crippen LogP contribution in [-0.2, 0) is 9.47 Å². The first-order chi connectivity index (χ1) is 9.73. The van der Waals surface area contributed by atoms with Gasteiger partial charge >= 0.3 is 11.9 Å². The lowest BCUT2D eigenvalue weighted by Gasteiger charge is -2.09. The molecular formula is C14H18Br2O4S. The summed E-state index contributed by atoms with van der Waals surface area (Å²) < 4.78 is 11.6. The molecule has 0 unspecified atom stereocenters. The van der Waals surface area contributed by atoms with Crippen molar-refractivity contribution in [3.63, 3.8) is 0 Å². The minimum atomic E-state index is -0.519. The summed E-state index contributed by atoms with van der Waals surface area (Å²) in [5, 5.41) is 0. The second-order valence-electron chi connectivity index (χ2n) is 5.38. The number of carbonyl (C=O) groups is 2. The maximum atomic E-state index is 12.2. The zero-order valence-electron chi connectivity index (χ0n) is 12.4. The third-order valence-electron chi connectivity index (χ3n) is 2.30. The van der Waals surface area contributed by atoms with Gasteiger partial charge in [-0.15, -0.1) is 11.3 Å². The number of ether oxygens (including phenoxy) is 2. The number of hydrogen-bond acceptors (Lipinski definition) is 5. The van der Waals surface area contributed by atoms with E-state index in [0.717, 1.165) is 11.3 Å². The number of rotatable bonds is 6. The van der Waals surface area contributed by atoms with E-state index in [-0.39, 0.29) is 22.3 Å². The maximum Gasteiger partial charge on any atom is 0.349 e. The van der Waals surface area contributed by atoms with Crippen molar-refractivity contribution < 1.29 is 19.1 Å². The first-order valence-corrected chi connectivity index (χ1v) is 8.96. The fourth-order valence-corrected chi connectivity index (χ4v) is 3.55. The summed E-state index contributed by atoms with van der Waals surface area (Å²) in [6.07, 6.45) is 0. The fraction of sp³-hybridized carbons (Fsp3) is 0.571. The molecule has 1 aromatic rings. The van der Waals surface area contributed by atoms with Gasteiger partial charge in [0.1, 0.15) is 10.4 Å². The topological polar surface area (TPSA) is 52.6 Å². The minimum absolute atomic E-state index is 0.223. The van der Waals surface area contributed by atoms with Crippen molar-refractivity contribution in [3.8, 4) is 0 Å². The van der Waals surface area contributed by atoms with Crippen LogP contribution in [0.3, 0.4) is 0 Å². The highest BCUT2D eigenvalue weighted by atomic mass is 79.9. The molecule has 7 heteroatoms. The van der Waals surface area contributed by atoms with Crippen LogP contribution in [0.25, 0.3) is 0 Å². The van der Waals surface area contributed by atoms with E-state index in [2.05, 4.69) is 31.9 Å². The summed E-state index contributed by atoms with van der Waals surface area (Å²) in [6.45, 7) is 8.41. The molecule has 4 nitrogen and oxygen atoms in total. The van der Waals surface area contributed by atoms with Gasteiger partial charge in [-0.05, 0) is 43.7 Å². The van der Waals surface area contributed by atoms with Crippen molar-refractivity contribution in [2.75, 3.05) is 13.2 Å². The zero-order chi connectivity index (χ0) is 16.2. The van der Waals surface area contributed by atoms with Crippen LogP contribution in [-0.4, -0.2) is 25.2 Å². The molecule has 1 rings (SSSR count). The number of esters is 2. The SMILES string of the molecule is CC(C)COC(=O)c1sc(Br)c(Br)c1C(=O)OCC(C)C. The number of thiophene rings is 1. The highest BCUT2D eigenvalue weighted by Crippen LogP contribution is 2.38. The predicted molar refractivity (Wildman–Crippen MR) is 90.0 cm³/mol. The van der Waals surface area contributed by atoms with Crippen molar-refractivity contribution >= 4 is 55.1 Å². The van der Waals surface area contributed by atoms with Crippen LogP contribution >= 0.6 is 43.2 Å². The van der Waals surface area contributed by atoms with Gasteiger partial charge in [0.05, 0.1) is 21.5 Å². The standard InChI is InChI=1S/C14H18Br2O4S/c1-7(2)5-19-13(17)9-10(15)12(16)21-11(9)14(18)20-6-8(3)4/h7-8H,5-6H2,1-4H3. The number of halogens is 2. The third kappa shape index (κ3) is 5.38. The summed E-state index contributed by atoms with van der Waals surface area (Å²) in [6, 6.07) is 0. The van der Waals surface area contributed by atoms with Crippen LogP contribution in [0.1, 0.15) is 47.7 Å². The molecule has 0 N–H and O–H groups in total. The second kappa shape index (κ2) is 8.29.